The Morgan fingerprint density at radius 2 is 1.65 bits per heavy atom. The Morgan fingerprint density at radius 3 is 2.21 bits per heavy atom. The number of likely N-dealkylation sites (tertiary alicyclic amines) is 1. The van der Waals surface area contributed by atoms with E-state index in [0.29, 0.717) is 31.0 Å². The number of rotatable bonds is 10. The molecule has 1 N–H and O–H groups in total. The van der Waals surface area contributed by atoms with E-state index in [1.165, 1.54) is 4.90 Å². The lowest BCUT2D eigenvalue weighted by Gasteiger charge is -2.26. The molecular formula is C27H34N2O5. The molecular weight excluding hydrogens is 432 g/mol. The van der Waals surface area contributed by atoms with Gasteiger partial charge in [-0.05, 0) is 76.3 Å². The number of Topliss-reactive ketones (excluding diaryl/α,β-unsaturated/α-hetero) is 1. The maximum Gasteiger partial charge on any atom is 0.295 e. The van der Waals surface area contributed by atoms with Crippen LogP contribution in [0, 0.1) is 0 Å². The Bertz CT molecular complexity index is 1030. The van der Waals surface area contributed by atoms with Crippen molar-refractivity contribution >= 4 is 17.4 Å². The topological polar surface area (TPSA) is 79.3 Å². The number of likely N-dealkylation sites (N-methyl/N-ethyl adjacent to an activating group) is 1. The lowest BCUT2D eigenvalue weighted by molar-refractivity contribution is -0.140. The largest absolute Gasteiger partial charge is 0.507 e. The third kappa shape index (κ3) is 5.78. The molecule has 0 bridgehead atoms. The summed E-state index contributed by atoms with van der Waals surface area (Å²) in [7, 11) is 3.82. The second kappa shape index (κ2) is 11.2. The Morgan fingerprint density at radius 1 is 1.03 bits per heavy atom. The summed E-state index contributed by atoms with van der Waals surface area (Å²) in [4.78, 5) is 29.6. The van der Waals surface area contributed by atoms with Gasteiger partial charge in [-0.15, -0.1) is 0 Å². The van der Waals surface area contributed by atoms with Gasteiger partial charge in [-0.2, -0.15) is 0 Å². The molecule has 3 rings (SSSR count). The third-order valence-corrected chi connectivity index (χ3v) is 5.50. The highest BCUT2D eigenvalue weighted by atomic mass is 16.5. The molecule has 34 heavy (non-hydrogen) atoms. The second-order valence-electron chi connectivity index (χ2n) is 8.90. The lowest BCUT2D eigenvalue weighted by Crippen LogP contribution is -2.35. The van der Waals surface area contributed by atoms with Crippen LogP contribution >= 0.6 is 0 Å². The first kappa shape index (κ1) is 25.3. The van der Waals surface area contributed by atoms with Crippen LogP contribution in [0.5, 0.6) is 11.5 Å². The van der Waals surface area contributed by atoms with Crippen molar-refractivity contribution in [2.24, 2.45) is 0 Å². The number of carbonyl (C=O) groups excluding carboxylic acids is 2. The van der Waals surface area contributed by atoms with Gasteiger partial charge in [0.25, 0.3) is 11.7 Å². The van der Waals surface area contributed by atoms with Crippen LogP contribution < -0.4 is 9.47 Å². The lowest BCUT2D eigenvalue weighted by atomic mass is 9.95. The van der Waals surface area contributed by atoms with Crippen molar-refractivity contribution in [1.82, 2.24) is 9.80 Å². The molecule has 2 aromatic carbocycles. The van der Waals surface area contributed by atoms with E-state index in [2.05, 4.69) is 0 Å². The number of ether oxygens (including phenoxy) is 2. The molecule has 0 spiro atoms. The van der Waals surface area contributed by atoms with E-state index in [9.17, 15) is 14.7 Å². The van der Waals surface area contributed by atoms with Gasteiger partial charge in [0.05, 0.1) is 24.3 Å². The maximum absolute atomic E-state index is 13.1. The van der Waals surface area contributed by atoms with Gasteiger partial charge in [-0.1, -0.05) is 19.1 Å². The third-order valence-electron chi connectivity index (χ3n) is 5.50. The molecule has 7 heteroatoms. The number of carbonyl (C=O) groups is 2. The van der Waals surface area contributed by atoms with Gasteiger partial charge in [-0.3, -0.25) is 9.59 Å². The molecule has 2 aromatic rings. The molecule has 0 saturated carbocycles. The Balaban J connectivity index is 2.03. The second-order valence-corrected chi connectivity index (χ2v) is 8.90. The number of aliphatic hydroxyl groups is 1. The van der Waals surface area contributed by atoms with E-state index in [1.54, 1.807) is 24.3 Å². The number of nitrogens with zero attached hydrogens (tertiary/aromatic N) is 2. The SMILES string of the molecule is CCCOc1ccc([C@H]2C(=C(O)c3ccc(OC(C)C)cc3)C(=O)C(=O)N2CCN(C)C)cc1. The fourth-order valence-corrected chi connectivity index (χ4v) is 3.85. The molecule has 1 fully saturated rings. The number of amides is 1. The minimum absolute atomic E-state index is 0.0192. The first-order valence-corrected chi connectivity index (χ1v) is 11.7. The summed E-state index contributed by atoms with van der Waals surface area (Å²) in [6.45, 7) is 7.45. The van der Waals surface area contributed by atoms with Gasteiger partial charge in [0.1, 0.15) is 17.3 Å². The molecule has 1 amide bonds. The monoisotopic (exact) mass is 466 g/mol. The maximum atomic E-state index is 13.1. The molecule has 0 radical (unpaired) electrons. The van der Waals surface area contributed by atoms with Crippen LogP contribution in [0.15, 0.2) is 54.1 Å². The van der Waals surface area contributed by atoms with Crippen LogP contribution in [-0.4, -0.2) is 66.5 Å². The number of hydrogen-bond acceptors (Lipinski definition) is 6. The van der Waals surface area contributed by atoms with Gasteiger partial charge in [0, 0.05) is 18.7 Å². The van der Waals surface area contributed by atoms with Crippen molar-refractivity contribution in [1.29, 1.82) is 0 Å². The summed E-state index contributed by atoms with van der Waals surface area (Å²) < 4.78 is 11.3. The minimum Gasteiger partial charge on any atom is -0.507 e. The Labute approximate surface area is 201 Å². The summed E-state index contributed by atoms with van der Waals surface area (Å²) in [6.07, 6.45) is 0.915. The standard InChI is InChI=1S/C27H34N2O5/c1-6-17-33-21-11-7-19(8-12-21)24-23(26(31)27(32)29(24)16-15-28(4)5)25(30)20-9-13-22(14-10-20)34-18(2)3/h7-14,18,24,30H,6,15-17H2,1-5H3/t24-/m0/s1. The normalized spacial score (nSPS) is 17.6. The van der Waals surface area contributed by atoms with Crippen molar-refractivity contribution in [2.45, 2.75) is 39.3 Å². The molecule has 0 aliphatic carbocycles. The van der Waals surface area contributed by atoms with Crippen LogP contribution in [-0.2, 0) is 9.59 Å². The van der Waals surface area contributed by atoms with Gasteiger partial charge < -0.3 is 24.4 Å². The predicted molar refractivity (Wildman–Crippen MR) is 132 cm³/mol. The zero-order valence-corrected chi connectivity index (χ0v) is 20.6. The fraction of sp³-hybridized carbons (Fsp3) is 0.407. The quantitative estimate of drug-likeness (QED) is 0.320. The van der Waals surface area contributed by atoms with Crippen molar-refractivity contribution in [3.05, 3.63) is 65.2 Å². The van der Waals surface area contributed by atoms with E-state index in [-0.39, 0.29) is 17.4 Å². The zero-order chi connectivity index (χ0) is 24.8. The number of hydrogen-bond donors (Lipinski definition) is 1. The Hall–Kier alpha value is -3.32. The first-order chi connectivity index (χ1) is 16.2. The van der Waals surface area contributed by atoms with Gasteiger partial charge in [0.15, 0.2) is 0 Å². The predicted octanol–water partition coefficient (Wildman–Crippen LogP) is 4.25. The van der Waals surface area contributed by atoms with Gasteiger partial charge >= 0.3 is 0 Å². The average Bonchev–Trinajstić information content (AvgIpc) is 3.06. The highest BCUT2D eigenvalue weighted by Gasteiger charge is 2.45. The molecule has 1 heterocycles. The van der Waals surface area contributed by atoms with Crippen LogP contribution in [0.1, 0.15) is 44.4 Å². The van der Waals surface area contributed by atoms with Crippen LogP contribution in [0.4, 0.5) is 0 Å². The van der Waals surface area contributed by atoms with Crippen LogP contribution in [0.3, 0.4) is 0 Å². The van der Waals surface area contributed by atoms with Crippen LogP contribution in [0.25, 0.3) is 5.76 Å². The van der Waals surface area contributed by atoms with E-state index in [1.807, 2.05) is 64.0 Å². The number of benzene rings is 2. The van der Waals surface area contributed by atoms with Crippen molar-refractivity contribution in [3.63, 3.8) is 0 Å². The van der Waals surface area contributed by atoms with E-state index in [0.717, 1.165) is 17.7 Å². The van der Waals surface area contributed by atoms with E-state index in [4.69, 9.17) is 9.47 Å². The molecule has 7 nitrogen and oxygen atoms in total. The fourth-order valence-electron chi connectivity index (χ4n) is 3.85. The van der Waals surface area contributed by atoms with Crippen molar-refractivity contribution < 1.29 is 24.2 Å². The summed E-state index contributed by atoms with van der Waals surface area (Å²) in [5.74, 6) is -0.110. The molecule has 1 aliphatic rings. The smallest absolute Gasteiger partial charge is 0.295 e. The van der Waals surface area contributed by atoms with Gasteiger partial charge in [-0.25, -0.2) is 0 Å². The summed E-state index contributed by atoms with van der Waals surface area (Å²) in [5.41, 5.74) is 1.28. The first-order valence-electron chi connectivity index (χ1n) is 11.7. The summed E-state index contributed by atoms with van der Waals surface area (Å²) >= 11 is 0. The molecule has 1 saturated heterocycles. The van der Waals surface area contributed by atoms with Gasteiger partial charge in [0.2, 0.25) is 0 Å². The number of aliphatic hydroxyl groups excluding tert-OH is 1. The molecule has 0 unspecified atom stereocenters. The summed E-state index contributed by atoms with van der Waals surface area (Å²) in [5, 5.41) is 11.2. The average molecular weight is 467 g/mol. The molecule has 182 valence electrons. The van der Waals surface area contributed by atoms with E-state index >= 15 is 0 Å². The minimum atomic E-state index is -0.688. The van der Waals surface area contributed by atoms with Crippen LogP contribution in [0.2, 0.25) is 0 Å². The molecule has 1 atom stereocenters. The Kier molecular flexibility index (Phi) is 8.34. The van der Waals surface area contributed by atoms with Crippen molar-refractivity contribution in [3.8, 4) is 11.5 Å². The highest BCUT2D eigenvalue weighted by Crippen LogP contribution is 2.39. The van der Waals surface area contributed by atoms with E-state index < -0.39 is 17.7 Å². The molecule has 1 aliphatic heterocycles. The van der Waals surface area contributed by atoms with Crippen molar-refractivity contribution in [2.75, 3.05) is 33.8 Å². The summed E-state index contributed by atoms with van der Waals surface area (Å²) in [6, 6.07) is 13.5. The zero-order valence-electron chi connectivity index (χ0n) is 20.6. The highest BCUT2D eigenvalue weighted by molar-refractivity contribution is 6.46. The molecule has 0 aromatic heterocycles. The number of ketones is 1.